The lowest BCUT2D eigenvalue weighted by Gasteiger charge is -2.12. The van der Waals surface area contributed by atoms with Crippen LogP contribution in [0.5, 0.6) is 0 Å². The Labute approximate surface area is 98.1 Å². The molecule has 0 aliphatic heterocycles. The molecule has 1 aliphatic carbocycles. The fourth-order valence-electron chi connectivity index (χ4n) is 1.68. The Hall–Kier alpha value is -1.44. The fourth-order valence-corrected chi connectivity index (χ4v) is 1.68. The molecule has 1 heterocycles. The summed E-state index contributed by atoms with van der Waals surface area (Å²) in [7, 11) is 0. The van der Waals surface area contributed by atoms with Crippen LogP contribution in [0.1, 0.15) is 45.6 Å². The SMILES string of the molecule is CC.CCC1=CC=C(c2cncnc2)CC1. The van der Waals surface area contributed by atoms with E-state index >= 15 is 0 Å². The van der Waals surface area contributed by atoms with Gasteiger partial charge in [-0.3, -0.25) is 0 Å². The molecule has 0 spiro atoms. The first-order chi connectivity index (χ1) is 7.90. The highest BCUT2D eigenvalue weighted by Crippen LogP contribution is 2.26. The highest BCUT2D eigenvalue weighted by Gasteiger charge is 2.06. The van der Waals surface area contributed by atoms with Gasteiger partial charge in [-0.15, -0.1) is 0 Å². The molecule has 0 fully saturated rings. The third-order valence-electron chi connectivity index (χ3n) is 2.62. The molecular formula is C14H20N2. The van der Waals surface area contributed by atoms with E-state index in [-0.39, 0.29) is 0 Å². The summed E-state index contributed by atoms with van der Waals surface area (Å²) >= 11 is 0. The van der Waals surface area contributed by atoms with E-state index in [2.05, 4.69) is 29.0 Å². The van der Waals surface area contributed by atoms with Gasteiger partial charge in [-0.25, -0.2) is 9.97 Å². The van der Waals surface area contributed by atoms with Crippen LogP contribution in [0.2, 0.25) is 0 Å². The van der Waals surface area contributed by atoms with Gasteiger partial charge in [-0.05, 0) is 24.8 Å². The van der Waals surface area contributed by atoms with E-state index in [0.717, 1.165) is 18.4 Å². The second-order valence-electron chi connectivity index (χ2n) is 3.50. The van der Waals surface area contributed by atoms with Crippen molar-refractivity contribution in [2.75, 3.05) is 0 Å². The van der Waals surface area contributed by atoms with E-state index < -0.39 is 0 Å². The van der Waals surface area contributed by atoms with E-state index in [9.17, 15) is 0 Å². The molecule has 16 heavy (non-hydrogen) atoms. The summed E-state index contributed by atoms with van der Waals surface area (Å²) < 4.78 is 0. The summed E-state index contributed by atoms with van der Waals surface area (Å²) in [6.07, 6.45) is 13.2. The number of aromatic nitrogens is 2. The zero-order chi connectivity index (χ0) is 11.8. The topological polar surface area (TPSA) is 25.8 Å². The molecular weight excluding hydrogens is 196 g/mol. The summed E-state index contributed by atoms with van der Waals surface area (Å²) in [5, 5.41) is 0. The number of nitrogens with zero attached hydrogens (tertiary/aromatic N) is 2. The standard InChI is InChI=1S/C12H14N2.C2H6/c1-2-10-3-5-11(6-4-10)12-7-13-9-14-8-12;1-2/h3,5,7-9H,2,4,6H2,1H3;1-2H3. The van der Waals surface area contributed by atoms with Crippen molar-refractivity contribution in [3.63, 3.8) is 0 Å². The van der Waals surface area contributed by atoms with Crippen molar-refractivity contribution in [3.05, 3.63) is 42.0 Å². The first-order valence-electron chi connectivity index (χ1n) is 6.04. The first kappa shape index (κ1) is 12.6. The molecule has 2 heteroatoms. The summed E-state index contributed by atoms with van der Waals surface area (Å²) in [4.78, 5) is 8.05. The van der Waals surface area contributed by atoms with Crippen LogP contribution in [0.4, 0.5) is 0 Å². The van der Waals surface area contributed by atoms with Gasteiger partial charge in [-0.2, -0.15) is 0 Å². The van der Waals surface area contributed by atoms with E-state index in [1.54, 1.807) is 6.33 Å². The molecule has 2 nitrogen and oxygen atoms in total. The average Bonchev–Trinajstić information content (AvgIpc) is 2.42. The van der Waals surface area contributed by atoms with Gasteiger partial charge < -0.3 is 0 Å². The van der Waals surface area contributed by atoms with Crippen LogP contribution in [-0.2, 0) is 0 Å². The van der Waals surface area contributed by atoms with E-state index in [1.807, 2.05) is 26.2 Å². The summed E-state index contributed by atoms with van der Waals surface area (Å²) in [6, 6.07) is 0. The Bertz CT molecular complexity index is 364. The number of hydrogen-bond donors (Lipinski definition) is 0. The highest BCUT2D eigenvalue weighted by molar-refractivity contribution is 5.67. The molecule has 1 aromatic heterocycles. The monoisotopic (exact) mass is 216 g/mol. The number of allylic oxidation sites excluding steroid dienone is 4. The highest BCUT2D eigenvalue weighted by atomic mass is 14.8. The lowest BCUT2D eigenvalue weighted by Crippen LogP contribution is -1.94. The van der Waals surface area contributed by atoms with Crippen LogP contribution in [-0.4, -0.2) is 9.97 Å². The van der Waals surface area contributed by atoms with Gasteiger partial charge in [0.25, 0.3) is 0 Å². The van der Waals surface area contributed by atoms with Gasteiger partial charge >= 0.3 is 0 Å². The quantitative estimate of drug-likeness (QED) is 0.746. The minimum absolute atomic E-state index is 1.12. The predicted molar refractivity (Wildman–Crippen MR) is 69.0 cm³/mol. The molecule has 0 N–H and O–H groups in total. The Balaban J connectivity index is 0.000000606. The third-order valence-corrected chi connectivity index (χ3v) is 2.62. The van der Waals surface area contributed by atoms with Crippen LogP contribution in [0.15, 0.2) is 36.4 Å². The maximum Gasteiger partial charge on any atom is 0.115 e. The van der Waals surface area contributed by atoms with Gasteiger partial charge in [0.2, 0.25) is 0 Å². The molecule has 86 valence electrons. The molecule has 0 atom stereocenters. The minimum Gasteiger partial charge on any atom is -0.244 e. The normalized spacial score (nSPS) is 14.4. The molecule has 0 saturated heterocycles. The zero-order valence-corrected chi connectivity index (χ0v) is 10.4. The Morgan fingerprint density at radius 2 is 1.75 bits per heavy atom. The fraction of sp³-hybridized carbons (Fsp3) is 0.429. The summed E-state index contributed by atoms with van der Waals surface area (Å²) in [5.41, 5.74) is 4.03. The van der Waals surface area contributed by atoms with Gasteiger partial charge in [0.15, 0.2) is 0 Å². The second kappa shape index (κ2) is 6.94. The van der Waals surface area contributed by atoms with E-state index in [1.165, 1.54) is 17.6 Å². The number of rotatable bonds is 2. The van der Waals surface area contributed by atoms with Crippen molar-refractivity contribution in [1.82, 2.24) is 9.97 Å². The van der Waals surface area contributed by atoms with Gasteiger partial charge in [-0.1, -0.05) is 38.5 Å². The summed E-state index contributed by atoms with van der Waals surface area (Å²) in [6.45, 7) is 6.20. The molecule has 0 amide bonds. The largest absolute Gasteiger partial charge is 0.244 e. The van der Waals surface area contributed by atoms with E-state index in [4.69, 9.17) is 0 Å². The van der Waals surface area contributed by atoms with Crippen molar-refractivity contribution in [3.8, 4) is 0 Å². The smallest absolute Gasteiger partial charge is 0.115 e. The molecule has 0 radical (unpaired) electrons. The van der Waals surface area contributed by atoms with Crippen LogP contribution in [0.3, 0.4) is 0 Å². The van der Waals surface area contributed by atoms with Crippen LogP contribution < -0.4 is 0 Å². The molecule has 0 bridgehead atoms. The molecule has 2 rings (SSSR count). The van der Waals surface area contributed by atoms with Crippen molar-refractivity contribution in [2.45, 2.75) is 40.0 Å². The minimum atomic E-state index is 1.12. The van der Waals surface area contributed by atoms with Gasteiger partial charge in [0.1, 0.15) is 6.33 Å². The number of hydrogen-bond acceptors (Lipinski definition) is 2. The van der Waals surface area contributed by atoms with Crippen molar-refractivity contribution in [1.29, 1.82) is 0 Å². The van der Waals surface area contributed by atoms with Crippen molar-refractivity contribution in [2.24, 2.45) is 0 Å². The van der Waals surface area contributed by atoms with E-state index in [0.29, 0.717) is 0 Å². The average molecular weight is 216 g/mol. The Kier molecular flexibility index (Phi) is 5.48. The molecule has 1 aliphatic rings. The molecule has 1 aromatic rings. The summed E-state index contributed by atoms with van der Waals surface area (Å²) in [5.74, 6) is 0. The lowest BCUT2D eigenvalue weighted by molar-refractivity contribution is 0.904. The molecule has 0 saturated carbocycles. The van der Waals surface area contributed by atoms with Crippen LogP contribution in [0, 0.1) is 0 Å². The Morgan fingerprint density at radius 3 is 2.25 bits per heavy atom. The third kappa shape index (κ3) is 3.30. The second-order valence-corrected chi connectivity index (χ2v) is 3.50. The maximum absolute atomic E-state index is 4.03. The van der Waals surface area contributed by atoms with Gasteiger partial charge in [0, 0.05) is 18.0 Å². The molecule has 0 unspecified atom stereocenters. The first-order valence-corrected chi connectivity index (χ1v) is 6.04. The maximum atomic E-state index is 4.03. The van der Waals surface area contributed by atoms with Gasteiger partial charge in [0.05, 0.1) is 0 Å². The Morgan fingerprint density at radius 1 is 1.06 bits per heavy atom. The van der Waals surface area contributed by atoms with Crippen LogP contribution in [0.25, 0.3) is 5.57 Å². The van der Waals surface area contributed by atoms with Crippen LogP contribution >= 0.6 is 0 Å². The van der Waals surface area contributed by atoms with Crippen molar-refractivity contribution < 1.29 is 0 Å². The molecule has 0 aromatic carbocycles. The zero-order valence-electron chi connectivity index (χ0n) is 10.4. The predicted octanol–water partition coefficient (Wildman–Crippen LogP) is 4.02. The van der Waals surface area contributed by atoms with Crippen molar-refractivity contribution >= 4 is 5.57 Å². The lowest BCUT2D eigenvalue weighted by atomic mass is 9.94.